The first kappa shape index (κ1) is 24.9. The predicted molar refractivity (Wildman–Crippen MR) is 125 cm³/mol. The van der Waals surface area contributed by atoms with E-state index in [4.69, 9.17) is 14.2 Å². The summed E-state index contributed by atoms with van der Waals surface area (Å²) in [7, 11) is 0. The molecule has 0 bridgehead atoms. The number of unbranched alkanes of at least 4 members (excludes halogenated alkanes) is 1. The van der Waals surface area contributed by atoms with E-state index in [-0.39, 0.29) is 24.0 Å². The zero-order valence-electron chi connectivity index (χ0n) is 18.6. The second-order valence-electron chi connectivity index (χ2n) is 7.13. The van der Waals surface area contributed by atoms with E-state index < -0.39 is 24.5 Å². The maximum atomic E-state index is 12.5. The zero-order valence-corrected chi connectivity index (χ0v) is 19.4. The van der Waals surface area contributed by atoms with Gasteiger partial charge in [-0.1, -0.05) is 25.5 Å². The molecule has 0 spiro atoms. The Bertz CT molecular complexity index is 1060. The molecule has 34 heavy (non-hydrogen) atoms. The second-order valence-corrected chi connectivity index (χ2v) is 8.15. The first-order chi connectivity index (χ1) is 16.5. The molecular weight excluding hydrogens is 462 g/mol. The molecule has 180 valence electrons. The van der Waals surface area contributed by atoms with Crippen molar-refractivity contribution in [2.45, 2.75) is 24.7 Å². The van der Waals surface area contributed by atoms with Crippen LogP contribution in [-0.4, -0.2) is 49.5 Å². The van der Waals surface area contributed by atoms with Crippen LogP contribution in [-0.2, 0) is 14.3 Å². The molecular formula is C23H25N3O7S. The average molecular weight is 488 g/mol. The molecule has 0 saturated heterocycles. The third kappa shape index (κ3) is 7.41. The molecule has 2 aromatic carbocycles. The summed E-state index contributed by atoms with van der Waals surface area (Å²) in [6.07, 6.45) is 1.70. The maximum Gasteiger partial charge on any atom is 0.339 e. The van der Waals surface area contributed by atoms with Crippen LogP contribution in [0.5, 0.6) is 11.5 Å². The van der Waals surface area contributed by atoms with E-state index in [0.717, 1.165) is 24.6 Å². The predicted octanol–water partition coefficient (Wildman–Crippen LogP) is 2.93. The van der Waals surface area contributed by atoms with Crippen LogP contribution >= 0.6 is 11.8 Å². The zero-order chi connectivity index (χ0) is 24.3. The standard InChI is InChI=1S/C23H25N3O7S/c1-2-3-10-24-23(30)26-20(27)12-31-22(29)16-6-4-5-7-19(16)34-13-21(28)25-15-8-9-17-18(11-15)33-14-32-17/h4-9,11H,2-3,10,12-14H2,1H3,(H,25,28)(H2,24,26,27,30). The largest absolute Gasteiger partial charge is 0.454 e. The van der Waals surface area contributed by atoms with Crippen LogP contribution in [0.4, 0.5) is 10.5 Å². The lowest BCUT2D eigenvalue weighted by molar-refractivity contribution is -0.123. The fraction of sp³-hybridized carbons (Fsp3) is 0.304. The van der Waals surface area contributed by atoms with Gasteiger partial charge in [0.25, 0.3) is 5.91 Å². The first-order valence-corrected chi connectivity index (χ1v) is 11.6. The number of fused-ring (bicyclic) bond motifs is 1. The highest BCUT2D eigenvalue weighted by molar-refractivity contribution is 8.00. The summed E-state index contributed by atoms with van der Waals surface area (Å²) in [5, 5.41) is 7.40. The first-order valence-electron chi connectivity index (χ1n) is 10.6. The minimum absolute atomic E-state index is 0.0388. The highest BCUT2D eigenvalue weighted by Gasteiger charge is 2.17. The van der Waals surface area contributed by atoms with Crippen LogP contribution in [0, 0.1) is 0 Å². The van der Waals surface area contributed by atoms with Gasteiger partial charge in [0.1, 0.15) is 0 Å². The summed E-state index contributed by atoms with van der Waals surface area (Å²) in [5.74, 6) is -0.541. The lowest BCUT2D eigenvalue weighted by Gasteiger charge is -2.10. The van der Waals surface area contributed by atoms with Gasteiger partial charge in [-0.25, -0.2) is 9.59 Å². The maximum absolute atomic E-state index is 12.5. The summed E-state index contributed by atoms with van der Waals surface area (Å²) < 4.78 is 15.6. The molecule has 0 saturated carbocycles. The van der Waals surface area contributed by atoms with Gasteiger partial charge in [-0.05, 0) is 30.7 Å². The number of esters is 1. The Balaban J connectivity index is 1.47. The number of rotatable bonds is 10. The number of imide groups is 1. The number of urea groups is 1. The summed E-state index contributed by atoms with van der Waals surface area (Å²) in [4.78, 5) is 48.8. The minimum atomic E-state index is -0.740. The summed E-state index contributed by atoms with van der Waals surface area (Å²) in [6.45, 7) is 1.96. The molecule has 4 amide bonds. The molecule has 3 N–H and O–H groups in total. The van der Waals surface area contributed by atoms with Gasteiger partial charge in [-0.2, -0.15) is 0 Å². The molecule has 1 heterocycles. The SMILES string of the molecule is CCCCNC(=O)NC(=O)COC(=O)c1ccccc1SCC(=O)Nc1ccc2c(c1)OCO2. The van der Waals surface area contributed by atoms with E-state index in [1.807, 2.05) is 6.92 Å². The average Bonchev–Trinajstić information content (AvgIpc) is 3.29. The van der Waals surface area contributed by atoms with Crippen molar-refractivity contribution in [3.05, 3.63) is 48.0 Å². The van der Waals surface area contributed by atoms with Crippen LogP contribution in [0.1, 0.15) is 30.1 Å². The minimum Gasteiger partial charge on any atom is -0.454 e. The van der Waals surface area contributed by atoms with Gasteiger partial charge in [-0.3, -0.25) is 14.9 Å². The Labute approximate surface area is 200 Å². The number of hydrogen-bond acceptors (Lipinski definition) is 8. The van der Waals surface area contributed by atoms with E-state index in [2.05, 4.69) is 16.0 Å². The van der Waals surface area contributed by atoms with Gasteiger partial charge in [0, 0.05) is 23.2 Å². The van der Waals surface area contributed by atoms with E-state index in [1.165, 1.54) is 6.07 Å². The van der Waals surface area contributed by atoms with Gasteiger partial charge < -0.3 is 24.8 Å². The van der Waals surface area contributed by atoms with Crippen molar-refractivity contribution in [3.63, 3.8) is 0 Å². The number of hydrogen-bond donors (Lipinski definition) is 3. The molecule has 2 aromatic rings. The van der Waals surface area contributed by atoms with Gasteiger partial charge >= 0.3 is 12.0 Å². The van der Waals surface area contributed by atoms with E-state index in [1.54, 1.807) is 36.4 Å². The van der Waals surface area contributed by atoms with Gasteiger partial charge in [0.15, 0.2) is 18.1 Å². The van der Waals surface area contributed by atoms with Crippen LogP contribution in [0.15, 0.2) is 47.4 Å². The Morgan fingerprint density at radius 2 is 1.82 bits per heavy atom. The number of carbonyl (C=O) groups excluding carboxylic acids is 4. The smallest absolute Gasteiger partial charge is 0.339 e. The highest BCUT2D eigenvalue weighted by Crippen LogP contribution is 2.34. The molecule has 3 rings (SSSR count). The van der Waals surface area contributed by atoms with Crippen molar-refractivity contribution in [1.29, 1.82) is 0 Å². The number of benzene rings is 2. The van der Waals surface area contributed by atoms with Crippen molar-refractivity contribution >= 4 is 41.3 Å². The van der Waals surface area contributed by atoms with Crippen molar-refractivity contribution < 1.29 is 33.4 Å². The Hall–Kier alpha value is -3.73. The lowest BCUT2D eigenvalue weighted by atomic mass is 10.2. The number of thioether (sulfide) groups is 1. The Kier molecular flexibility index (Phi) is 9.15. The van der Waals surface area contributed by atoms with Gasteiger partial charge in [0.05, 0.1) is 11.3 Å². The fourth-order valence-electron chi connectivity index (χ4n) is 2.87. The summed E-state index contributed by atoms with van der Waals surface area (Å²) in [5.41, 5.74) is 0.774. The number of ether oxygens (including phenoxy) is 3. The van der Waals surface area contributed by atoms with Gasteiger partial charge in [0.2, 0.25) is 12.7 Å². The number of nitrogens with one attached hydrogen (secondary N) is 3. The number of anilines is 1. The lowest BCUT2D eigenvalue weighted by Crippen LogP contribution is -2.41. The Morgan fingerprint density at radius 1 is 1.03 bits per heavy atom. The molecule has 1 aliphatic rings. The molecule has 0 fully saturated rings. The number of carbonyl (C=O) groups is 4. The second kappa shape index (κ2) is 12.5. The molecule has 11 heteroatoms. The number of amides is 4. The molecule has 0 aliphatic carbocycles. The third-order valence-electron chi connectivity index (χ3n) is 4.53. The fourth-order valence-corrected chi connectivity index (χ4v) is 3.71. The molecule has 1 aliphatic heterocycles. The molecule has 0 radical (unpaired) electrons. The van der Waals surface area contributed by atoms with Crippen LogP contribution < -0.4 is 25.4 Å². The third-order valence-corrected chi connectivity index (χ3v) is 5.60. The van der Waals surface area contributed by atoms with Crippen LogP contribution in [0.25, 0.3) is 0 Å². The van der Waals surface area contributed by atoms with E-state index in [0.29, 0.717) is 28.6 Å². The monoisotopic (exact) mass is 487 g/mol. The Morgan fingerprint density at radius 3 is 2.65 bits per heavy atom. The molecule has 0 aromatic heterocycles. The molecule has 10 nitrogen and oxygen atoms in total. The quantitative estimate of drug-likeness (QED) is 0.265. The summed E-state index contributed by atoms with van der Waals surface area (Å²) in [6, 6.07) is 11.0. The van der Waals surface area contributed by atoms with E-state index >= 15 is 0 Å². The van der Waals surface area contributed by atoms with Crippen molar-refractivity contribution in [1.82, 2.24) is 10.6 Å². The van der Waals surface area contributed by atoms with Crippen LogP contribution in [0.2, 0.25) is 0 Å². The highest BCUT2D eigenvalue weighted by atomic mass is 32.2. The topological polar surface area (TPSA) is 132 Å². The van der Waals surface area contributed by atoms with Crippen molar-refractivity contribution in [3.8, 4) is 11.5 Å². The molecule has 0 unspecified atom stereocenters. The van der Waals surface area contributed by atoms with Gasteiger partial charge in [-0.15, -0.1) is 11.8 Å². The van der Waals surface area contributed by atoms with E-state index in [9.17, 15) is 19.2 Å². The van der Waals surface area contributed by atoms with Crippen molar-refractivity contribution in [2.75, 3.05) is 31.0 Å². The van der Waals surface area contributed by atoms with Crippen molar-refractivity contribution in [2.24, 2.45) is 0 Å². The normalized spacial score (nSPS) is 11.4. The molecule has 0 atom stereocenters. The van der Waals surface area contributed by atoms with Crippen LogP contribution in [0.3, 0.4) is 0 Å². The summed E-state index contributed by atoms with van der Waals surface area (Å²) >= 11 is 1.15.